The zero-order chi connectivity index (χ0) is 16.4. The van der Waals surface area contributed by atoms with Gasteiger partial charge in [-0.25, -0.2) is 4.79 Å². The fraction of sp³-hybridized carbons (Fsp3) is 0.333. The molecule has 1 aromatic rings. The Kier molecular flexibility index (Phi) is 4.94. The first-order valence-electron chi connectivity index (χ1n) is 6.62. The van der Waals surface area contributed by atoms with Crippen molar-refractivity contribution in [2.45, 2.75) is 26.7 Å². The first-order chi connectivity index (χ1) is 10.4. The Morgan fingerprint density at radius 1 is 1.59 bits per heavy atom. The number of carbonyl (C=O) groups is 1. The lowest BCUT2D eigenvalue weighted by Crippen LogP contribution is -2.25. The van der Waals surface area contributed by atoms with Gasteiger partial charge in [-0.2, -0.15) is 5.26 Å². The summed E-state index contributed by atoms with van der Waals surface area (Å²) in [6, 6.07) is 3.95. The van der Waals surface area contributed by atoms with Gasteiger partial charge in [-0.1, -0.05) is 0 Å². The van der Waals surface area contributed by atoms with Crippen molar-refractivity contribution in [2.24, 2.45) is 5.73 Å². The predicted octanol–water partition coefficient (Wildman–Crippen LogP) is 3.46. The van der Waals surface area contributed by atoms with Gasteiger partial charge in [0.15, 0.2) is 0 Å². The maximum Gasteiger partial charge on any atom is 0.338 e. The number of thiophene rings is 1. The molecule has 0 amide bonds. The lowest BCUT2D eigenvalue weighted by atomic mass is 9.87. The van der Waals surface area contributed by atoms with Gasteiger partial charge in [0.1, 0.15) is 17.4 Å². The van der Waals surface area contributed by atoms with Crippen molar-refractivity contribution >= 4 is 33.2 Å². The van der Waals surface area contributed by atoms with E-state index in [1.807, 2.05) is 13.0 Å². The van der Waals surface area contributed by atoms with Crippen molar-refractivity contribution in [2.75, 3.05) is 6.61 Å². The zero-order valence-electron chi connectivity index (χ0n) is 12.4. The lowest BCUT2D eigenvalue weighted by molar-refractivity contribution is -0.139. The van der Waals surface area contributed by atoms with Crippen molar-refractivity contribution in [3.8, 4) is 6.07 Å². The second-order valence-corrected chi connectivity index (χ2v) is 6.81. The van der Waals surface area contributed by atoms with Gasteiger partial charge in [0, 0.05) is 14.2 Å². The molecule has 2 heterocycles. The topological polar surface area (TPSA) is 85.3 Å². The second kappa shape index (κ2) is 6.55. The number of rotatable bonds is 3. The highest BCUT2D eigenvalue weighted by molar-refractivity contribution is 9.10. The van der Waals surface area contributed by atoms with E-state index in [9.17, 15) is 10.1 Å². The average molecular weight is 383 g/mol. The number of nitriles is 1. The van der Waals surface area contributed by atoms with Gasteiger partial charge in [0.25, 0.3) is 0 Å². The Morgan fingerprint density at radius 2 is 2.27 bits per heavy atom. The fourth-order valence-electron chi connectivity index (χ4n) is 2.26. The van der Waals surface area contributed by atoms with Crippen LogP contribution in [0.1, 0.15) is 29.5 Å². The summed E-state index contributed by atoms with van der Waals surface area (Å²) in [7, 11) is 0. The maximum atomic E-state index is 12.3. The summed E-state index contributed by atoms with van der Waals surface area (Å²) in [4.78, 5) is 14.2. The van der Waals surface area contributed by atoms with E-state index in [1.165, 1.54) is 11.3 Å². The number of hydrogen-bond donors (Lipinski definition) is 1. The molecule has 1 aromatic heterocycles. The van der Waals surface area contributed by atoms with Crippen LogP contribution >= 0.6 is 27.3 Å². The molecule has 1 aliphatic rings. The Morgan fingerprint density at radius 3 is 2.77 bits per heavy atom. The third-order valence-electron chi connectivity index (χ3n) is 3.26. The van der Waals surface area contributed by atoms with E-state index < -0.39 is 11.9 Å². The Balaban J connectivity index is 2.61. The molecule has 0 aliphatic carbocycles. The summed E-state index contributed by atoms with van der Waals surface area (Å²) in [5.74, 6) is -0.664. The van der Waals surface area contributed by atoms with Crippen LogP contribution in [-0.4, -0.2) is 12.6 Å². The van der Waals surface area contributed by atoms with Crippen LogP contribution in [0.3, 0.4) is 0 Å². The van der Waals surface area contributed by atoms with Crippen LogP contribution in [0.4, 0.5) is 0 Å². The number of esters is 1. The van der Waals surface area contributed by atoms with Crippen LogP contribution in [0, 0.1) is 18.3 Å². The number of aryl methyl sites for hydroxylation is 1. The summed E-state index contributed by atoms with van der Waals surface area (Å²) >= 11 is 4.96. The van der Waals surface area contributed by atoms with E-state index in [2.05, 4.69) is 22.0 Å². The first kappa shape index (κ1) is 16.6. The molecule has 0 aromatic carbocycles. The Bertz CT molecular complexity index is 708. The van der Waals surface area contributed by atoms with Crippen molar-refractivity contribution in [3.63, 3.8) is 0 Å². The van der Waals surface area contributed by atoms with Crippen LogP contribution in [-0.2, 0) is 14.3 Å². The third kappa shape index (κ3) is 2.89. The molecule has 7 heteroatoms. The molecule has 22 heavy (non-hydrogen) atoms. The summed E-state index contributed by atoms with van der Waals surface area (Å²) in [5, 5.41) is 9.44. The molecule has 0 fully saturated rings. The van der Waals surface area contributed by atoms with Crippen molar-refractivity contribution in [1.29, 1.82) is 5.26 Å². The van der Waals surface area contributed by atoms with Crippen LogP contribution in [0.25, 0.3) is 0 Å². The van der Waals surface area contributed by atoms with E-state index in [0.29, 0.717) is 11.3 Å². The second-order valence-electron chi connectivity index (χ2n) is 4.67. The number of ether oxygens (including phenoxy) is 2. The molecular weight excluding hydrogens is 368 g/mol. The highest BCUT2D eigenvalue weighted by Crippen LogP contribution is 2.43. The Labute approximate surface area is 141 Å². The van der Waals surface area contributed by atoms with Crippen LogP contribution in [0.2, 0.25) is 0 Å². The maximum absolute atomic E-state index is 12.3. The first-order valence-corrected chi connectivity index (χ1v) is 8.22. The number of nitrogens with two attached hydrogens (primary N) is 1. The molecule has 0 spiro atoms. The van der Waals surface area contributed by atoms with E-state index in [1.54, 1.807) is 13.8 Å². The van der Waals surface area contributed by atoms with Crippen LogP contribution < -0.4 is 5.73 Å². The zero-order valence-corrected chi connectivity index (χ0v) is 14.8. The summed E-state index contributed by atoms with van der Waals surface area (Å²) < 4.78 is 11.4. The van der Waals surface area contributed by atoms with Gasteiger partial charge in [0.05, 0.1) is 18.1 Å². The molecule has 1 atom stereocenters. The minimum atomic E-state index is -0.562. The number of hydrogen-bond acceptors (Lipinski definition) is 6. The number of halogens is 1. The summed E-state index contributed by atoms with van der Waals surface area (Å²) in [5.41, 5.74) is 6.38. The van der Waals surface area contributed by atoms with Gasteiger partial charge in [-0.15, -0.1) is 11.3 Å². The van der Waals surface area contributed by atoms with Crippen molar-refractivity contribution in [1.82, 2.24) is 0 Å². The number of nitrogens with zero attached hydrogens (tertiary/aromatic N) is 1. The average Bonchev–Trinajstić information content (AvgIpc) is 2.77. The van der Waals surface area contributed by atoms with Gasteiger partial charge in [-0.3, -0.25) is 0 Å². The third-order valence-corrected chi connectivity index (χ3v) is 5.46. The van der Waals surface area contributed by atoms with E-state index in [-0.39, 0.29) is 18.1 Å². The molecule has 2 rings (SSSR count). The molecule has 1 aliphatic heterocycles. The van der Waals surface area contributed by atoms with E-state index >= 15 is 0 Å². The molecular formula is C15H15BrN2O3S. The highest BCUT2D eigenvalue weighted by Gasteiger charge is 2.37. The van der Waals surface area contributed by atoms with Crippen molar-refractivity contribution < 1.29 is 14.3 Å². The minimum absolute atomic E-state index is 0.0280. The smallest absolute Gasteiger partial charge is 0.338 e. The van der Waals surface area contributed by atoms with Crippen molar-refractivity contribution in [3.05, 3.63) is 43.1 Å². The largest absolute Gasteiger partial charge is 0.463 e. The summed E-state index contributed by atoms with van der Waals surface area (Å²) in [6.07, 6.45) is 0. The van der Waals surface area contributed by atoms with Gasteiger partial charge in [0.2, 0.25) is 5.88 Å². The lowest BCUT2D eigenvalue weighted by Gasteiger charge is -2.25. The number of allylic oxidation sites excluding steroid dienone is 2. The summed E-state index contributed by atoms with van der Waals surface area (Å²) in [6.45, 7) is 5.58. The molecule has 0 radical (unpaired) electrons. The van der Waals surface area contributed by atoms with Crippen LogP contribution in [0.5, 0.6) is 0 Å². The molecule has 5 nitrogen and oxygen atoms in total. The van der Waals surface area contributed by atoms with Gasteiger partial charge in [-0.05, 0) is 42.8 Å². The molecule has 2 N–H and O–H groups in total. The van der Waals surface area contributed by atoms with E-state index in [4.69, 9.17) is 15.2 Å². The normalized spacial score (nSPS) is 18.0. The molecule has 0 unspecified atom stereocenters. The monoisotopic (exact) mass is 382 g/mol. The quantitative estimate of drug-likeness (QED) is 0.808. The molecule has 0 saturated carbocycles. The molecule has 0 saturated heterocycles. The van der Waals surface area contributed by atoms with E-state index in [0.717, 1.165) is 14.2 Å². The standard InChI is InChI=1S/C15H15BrN2O3S/c1-4-20-15(19)12-7(2)21-14(18)9(6-17)13(12)11-5-10(16)8(3)22-11/h5,13H,4,18H2,1-3H3/t13-/m0/s1. The highest BCUT2D eigenvalue weighted by atomic mass is 79.9. The molecule has 0 bridgehead atoms. The molecule has 116 valence electrons. The predicted molar refractivity (Wildman–Crippen MR) is 86.7 cm³/mol. The van der Waals surface area contributed by atoms with Crippen LogP contribution in [0.15, 0.2) is 33.3 Å². The van der Waals surface area contributed by atoms with Gasteiger partial charge >= 0.3 is 5.97 Å². The minimum Gasteiger partial charge on any atom is -0.463 e. The Hall–Kier alpha value is -1.78. The SMILES string of the molecule is CCOC(=O)C1=C(C)OC(N)=C(C#N)[C@H]1c1cc(Br)c(C)s1. The van der Waals surface area contributed by atoms with Gasteiger partial charge < -0.3 is 15.2 Å². The number of carbonyl (C=O) groups excluding carboxylic acids is 1. The fourth-order valence-corrected chi connectivity index (χ4v) is 3.94.